The Kier molecular flexibility index (Phi) is 2.77. The Bertz CT molecular complexity index is 429. The molecule has 0 saturated carbocycles. The van der Waals surface area contributed by atoms with Gasteiger partial charge in [0.15, 0.2) is 5.82 Å². The third-order valence-electron chi connectivity index (χ3n) is 2.12. The van der Waals surface area contributed by atoms with Crippen LogP contribution in [0.5, 0.6) is 0 Å². The highest BCUT2D eigenvalue weighted by Crippen LogP contribution is 2.01. The predicted molar refractivity (Wildman–Crippen MR) is 55.1 cm³/mol. The van der Waals surface area contributed by atoms with E-state index in [0.29, 0.717) is 6.54 Å². The van der Waals surface area contributed by atoms with E-state index in [0.717, 1.165) is 18.1 Å². The zero-order valence-electron chi connectivity index (χ0n) is 8.88. The van der Waals surface area contributed by atoms with Crippen LogP contribution in [0.15, 0.2) is 18.9 Å². The Morgan fingerprint density at radius 2 is 2.27 bits per heavy atom. The third kappa shape index (κ3) is 2.21. The van der Waals surface area contributed by atoms with Crippen molar-refractivity contribution in [3.8, 4) is 0 Å². The molecule has 0 aromatic carbocycles. The van der Waals surface area contributed by atoms with Crippen molar-refractivity contribution in [2.45, 2.75) is 13.1 Å². The van der Waals surface area contributed by atoms with Gasteiger partial charge in [-0.1, -0.05) is 0 Å². The van der Waals surface area contributed by atoms with E-state index in [9.17, 15) is 0 Å². The Balaban J connectivity index is 2.13. The first-order valence-electron chi connectivity index (χ1n) is 4.77. The van der Waals surface area contributed by atoms with Crippen LogP contribution in [0.3, 0.4) is 0 Å². The molecule has 2 heterocycles. The average molecular weight is 206 g/mol. The molecule has 0 aliphatic heterocycles. The van der Waals surface area contributed by atoms with Crippen LogP contribution in [-0.2, 0) is 20.1 Å². The Labute approximate surface area is 88.0 Å². The van der Waals surface area contributed by atoms with Crippen molar-refractivity contribution in [3.63, 3.8) is 0 Å². The SMILES string of the molecule is CNCc1cncn1Cc1ncn(C)n1. The predicted octanol–water partition coefficient (Wildman–Crippen LogP) is -0.221. The normalized spacial score (nSPS) is 10.8. The number of nitrogens with one attached hydrogen (secondary N) is 1. The summed E-state index contributed by atoms with van der Waals surface area (Å²) < 4.78 is 3.73. The smallest absolute Gasteiger partial charge is 0.170 e. The summed E-state index contributed by atoms with van der Waals surface area (Å²) in [5.41, 5.74) is 1.13. The molecule has 6 heteroatoms. The number of imidazole rings is 1. The molecule has 15 heavy (non-hydrogen) atoms. The number of rotatable bonds is 4. The molecule has 0 atom stereocenters. The topological polar surface area (TPSA) is 60.6 Å². The molecule has 0 aliphatic rings. The molecule has 2 rings (SSSR count). The highest BCUT2D eigenvalue weighted by Gasteiger charge is 2.04. The molecule has 0 bridgehead atoms. The second-order valence-electron chi connectivity index (χ2n) is 3.38. The largest absolute Gasteiger partial charge is 0.326 e. The van der Waals surface area contributed by atoms with Crippen LogP contribution in [-0.4, -0.2) is 31.4 Å². The van der Waals surface area contributed by atoms with Crippen molar-refractivity contribution in [2.75, 3.05) is 7.05 Å². The van der Waals surface area contributed by atoms with Gasteiger partial charge in [-0.15, -0.1) is 0 Å². The maximum atomic E-state index is 4.22. The van der Waals surface area contributed by atoms with Gasteiger partial charge in [0.2, 0.25) is 0 Å². The van der Waals surface area contributed by atoms with E-state index in [1.165, 1.54) is 0 Å². The van der Waals surface area contributed by atoms with Crippen molar-refractivity contribution in [1.82, 2.24) is 29.6 Å². The van der Waals surface area contributed by atoms with E-state index in [1.807, 2.05) is 24.9 Å². The summed E-state index contributed by atoms with van der Waals surface area (Å²) >= 11 is 0. The summed E-state index contributed by atoms with van der Waals surface area (Å²) in [7, 11) is 3.77. The first-order chi connectivity index (χ1) is 7.29. The molecule has 0 radical (unpaired) electrons. The minimum absolute atomic E-state index is 0.665. The van der Waals surface area contributed by atoms with Gasteiger partial charge in [-0.25, -0.2) is 9.97 Å². The number of hydrogen-bond acceptors (Lipinski definition) is 4. The molecule has 0 aliphatic carbocycles. The van der Waals surface area contributed by atoms with E-state index in [1.54, 1.807) is 17.3 Å². The second kappa shape index (κ2) is 4.22. The Morgan fingerprint density at radius 1 is 1.40 bits per heavy atom. The van der Waals surface area contributed by atoms with Crippen LogP contribution in [0.25, 0.3) is 0 Å². The molecule has 0 fully saturated rings. The molecule has 0 saturated heterocycles. The van der Waals surface area contributed by atoms with Gasteiger partial charge in [-0.05, 0) is 7.05 Å². The Morgan fingerprint density at radius 3 is 2.93 bits per heavy atom. The molecule has 2 aromatic rings. The van der Waals surface area contributed by atoms with Crippen LogP contribution < -0.4 is 5.32 Å². The van der Waals surface area contributed by atoms with Crippen LogP contribution in [0.2, 0.25) is 0 Å². The summed E-state index contributed by atoms with van der Waals surface area (Å²) in [6, 6.07) is 0. The Hall–Kier alpha value is -1.69. The lowest BCUT2D eigenvalue weighted by molar-refractivity contribution is 0.658. The summed E-state index contributed by atoms with van der Waals surface area (Å²) in [6.45, 7) is 1.46. The van der Waals surface area contributed by atoms with Gasteiger partial charge in [-0.3, -0.25) is 4.68 Å². The number of aryl methyl sites for hydroxylation is 1. The maximum absolute atomic E-state index is 4.22. The molecule has 0 amide bonds. The number of hydrogen-bond donors (Lipinski definition) is 1. The lowest BCUT2D eigenvalue weighted by Gasteiger charge is -2.04. The van der Waals surface area contributed by atoms with Crippen molar-refractivity contribution in [1.29, 1.82) is 0 Å². The maximum Gasteiger partial charge on any atom is 0.170 e. The standard InChI is InChI=1S/C9H14N6/c1-10-3-8-4-11-6-15(8)5-9-12-7-14(2)13-9/h4,6-7,10H,3,5H2,1-2H3. The van der Waals surface area contributed by atoms with Crippen LogP contribution in [0.1, 0.15) is 11.5 Å². The summed E-state index contributed by atoms with van der Waals surface area (Å²) in [4.78, 5) is 8.28. The average Bonchev–Trinajstić information content (AvgIpc) is 2.78. The summed E-state index contributed by atoms with van der Waals surface area (Å²) in [6.07, 6.45) is 5.34. The lowest BCUT2D eigenvalue weighted by Crippen LogP contribution is -2.12. The quantitative estimate of drug-likeness (QED) is 0.751. The fraction of sp³-hybridized carbons (Fsp3) is 0.444. The molecule has 2 aromatic heterocycles. The van der Waals surface area contributed by atoms with Crippen LogP contribution in [0, 0.1) is 0 Å². The molecule has 0 spiro atoms. The van der Waals surface area contributed by atoms with E-state index >= 15 is 0 Å². The van der Waals surface area contributed by atoms with E-state index < -0.39 is 0 Å². The van der Waals surface area contributed by atoms with Gasteiger partial charge in [0.1, 0.15) is 6.33 Å². The van der Waals surface area contributed by atoms with E-state index in [4.69, 9.17) is 0 Å². The van der Waals surface area contributed by atoms with Crippen LogP contribution in [0.4, 0.5) is 0 Å². The van der Waals surface area contributed by atoms with E-state index in [-0.39, 0.29) is 0 Å². The van der Waals surface area contributed by atoms with Crippen molar-refractivity contribution >= 4 is 0 Å². The minimum Gasteiger partial charge on any atom is -0.326 e. The zero-order chi connectivity index (χ0) is 10.7. The summed E-state index contributed by atoms with van der Waals surface area (Å²) in [5.74, 6) is 0.799. The molecule has 80 valence electrons. The van der Waals surface area contributed by atoms with E-state index in [2.05, 4.69) is 20.4 Å². The molecular formula is C9H14N6. The van der Waals surface area contributed by atoms with Gasteiger partial charge in [0.25, 0.3) is 0 Å². The van der Waals surface area contributed by atoms with Crippen molar-refractivity contribution in [3.05, 3.63) is 30.4 Å². The fourth-order valence-electron chi connectivity index (χ4n) is 1.43. The number of nitrogens with zero attached hydrogens (tertiary/aromatic N) is 5. The monoisotopic (exact) mass is 206 g/mol. The van der Waals surface area contributed by atoms with Crippen molar-refractivity contribution < 1.29 is 0 Å². The highest BCUT2D eigenvalue weighted by molar-refractivity contribution is 5.00. The van der Waals surface area contributed by atoms with Crippen molar-refractivity contribution in [2.24, 2.45) is 7.05 Å². The van der Waals surface area contributed by atoms with Gasteiger partial charge >= 0.3 is 0 Å². The van der Waals surface area contributed by atoms with Gasteiger partial charge < -0.3 is 9.88 Å². The van der Waals surface area contributed by atoms with Gasteiger partial charge in [0.05, 0.1) is 18.6 Å². The minimum atomic E-state index is 0.665. The number of aromatic nitrogens is 5. The summed E-state index contributed by atoms with van der Waals surface area (Å²) in [5, 5.41) is 7.32. The first-order valence-corrected chi connectivity index (χ1v) is 4.77. The molecular weight excluding hydrogens is 192 g/mol. The zero-order valence-corrected chi connectivity index (χ0v) is 8.88. The first kappa shape index (κ1) is 9.85. The van der Waals surface area contributed by atoms with Gasteiger partial charge in [-0.2, -0.15) is 5.10 Å². The molecule has 0 unspecified atom stereocenters. The third-order valence-corrected chi connectivity index (χ3v) is 2.12. The molecule has 1 N–H and O–H groups in total. The lowest BCUT2D eigenvalue weighted by atomic mass is 10.4. The fourth-order valence-corrected chi connectivity index (χ4v) is 1.43. The highest BCUT2D eigenvalue weighted by atomic mass is 15.3. The van der Waals surface area contributed by atoms with Gasteiger partial charge in [0, 0.05) is 19.8 Å². The second-order valence-corrected chi connectivity index (χ2v) is 3.38. The van der Waals surface area contributed by atoms with Crippen LogP contribution >= 0.6 is 0 Å². The molecule has 6 nitrogen and oxygen atoms in total.